The van der Waals surface area contributed by atoms with Crippen molar-refractivity contribution < 1.29 is 9.18 Å². The average Bonchev–Trinajstić information content (AvgIpc) is 2.29. The molecule has 0 atom stereocenters. The highest BCUT2D eigenvalue weighted by Gasteiger charge is 2.19. The third kappa shape index (κ3) is 3.40. The first kappa shape index (κ1) is 14.4. The van der Waals surface area contributed by atoms with Crippen molar-refractivity contribution in [2.24, 2.45) is 0 Å². The highest BCUT2D eigenvalue weighted by Crippen LogP contribution is 2.19. The fourth-order valence-corrected chi connectivity index (χ4v) is 2.22. The van der Waals surface area contributed by atoms with E-state index in [4.69, 9.17) is 0 Å². The van der Waals surface area contributed by atoms with E-state index in [0.717, 1.165) is 13.1 Å². The summed E-state index contributed by atoms with van der Waals surface area (Å²) in [5, 5.41) is 3.18. The van der Waals surface area contributed by atoms with Crippen LogP contribution < -0.4 is 5.32 Å². The Labute approximate surface area is 114 Å². The number of rotatable bonds is 1. The van der Waals surface area contributed by atoms with Gasteiger partial charge in [-0.1, -0.05) is 0 Å². The van der Waals surface area contributed by atoms with Gasteiger partial charge in [0.05, 0.1) is 5.56 Å². The van der Waals surface area contributed by atoms with Crippen LogP contribution in [0.4, 0.5) is 4.39 Å². The van der Waals surface area contributed by atoms with Crippen molar-refractivity contribution >= 4 is 34.2 Å². The second kappa shape index (κ2) is 6.33. The van der Waals surface area contributed by atoms with E-state index in [1.807, 2.05) is 0 Å². The quantitative estimate of drug-likeness (QED) is 0.858. The van der Waals surface area contributed by atoms with Gasteiger partial charge in [0, 0.05) is 30.7 Å². The molecule has 1 aromatic carbocycles. The number of amides is 1. The zero-order valence-electron chi connectivity index (χ0n) is 9.08. The van der Waals surface area contributed by atoms with Gasteiger partial charge in [-0.05, 0) is 34.1 Å². The monoisotopic (exact) mass is 322 g/mol. The molecule has 3 nitrogen and oxygen atoms in total. The van der Waals surface area contributed by atoms with Gasteiger partial charge < -0.3 is 10.2 Å². The van der Waals surface area contributed by atoms with E-state index >= 15 is 0 Å². The summed E-state index contributed by atoms with van der Waals surface area (Å²) in [4.78, 5) is 13.8. The van der Waals surface area contributed by atoms with Gasteiger partial charge in [0.1, 0.15) is 5.82 Å². The molecule has 1 fully saturated rings. The van der Waals surface area contributed by atoms with Gasteiger partial charge >= 0.3 is 0 Å². The molecule has 1 aliphatic rings. The lowest BCUT2D eigenvalue weighted by Crippen LogP contribution is -2.46. The minimum Gasteiger partial charge on any atom is -0.336 e. The smallest absolute Gasteiger partial charge is 0.255 e. The van der Waals surface area contributed by atoms with Gasteiger partial charge in [-0.25, -0.2) is 4.39 Å². The van der Waals surface area contributed by atoms with Crippen LogP contribution in [0.1, 0.15) is 10.4 Å². The van der Waals surface area contributed by atoms with Crippen LogP contribution in [-0.4, -0.2) is 37.0 Å². The van der Waals surface area contributed by atoms with Crippen LogP contribution in [0.25, 0.3) is 0 Å². The Kier molecular flexibility index (Phi) is 5.36. The number of benzene rings is 1. The van der Waals surface area contributed by atoms with Crippen LogP contribution in [0.5, 0.6) is 0 Å². The largest absolute Gasteiger partial charge is 0.336 e. The fraction of sp³-hybridized carbons (Fsp3) is 0.364. The first-order valence-corrected chi connectivity index (χ1v) is 5.93. The van der Waals surface area contributed by atoms with Gasteiger partial charge in [0.15, 0.2) is 0 Å². The molecule has 1 aliphatic heterocycles. The van der Waals surface area contributed by atoms with Crippen molar-refractivity contribution in [3.05, 3.63) is 34.1 Å². The summed E-state index contributed by atoms with van der Waals surface area (Å²) in [6, 6.07) is 4.14. The van der Waals surface area contributed by atoms with E-state index in [2.05, 4.69) is 21.2 Å². The third-order valence-corrected chi connectivity index (χ3v) is 3.22. The molecule has 17 heavy (non-hydrogen) atoms. The van der Waals surface area contributed by atoms with Crippen LogP contribution in [0, 0.1) is 5.82 Å². The summed E-state index contributed by atoms with van der Waals surface area (Å²) in [5.74, 6) is -0.392. The molecule has 1 amide bonds. The Morgan fingerprint density at radius 2 is 2.00 bits per heavy atom. The molecule has 0 saturated carbocycles. The number of carbonyl (C=O) groups is 1. The molecule has 1 N–H and O–H groups in total. The van der Waals surface area contributed by atoms with Gasteiger partial charge in [0.25, 0.3) is 5.91 Å². The predicted octanol–water partition coefficient (Wildman–Crippen LogP) is 2.06. The first-order valence-electron chi connectivity index (χ1n) is 5.13. The van der Waals surface area contributed by atoms with Crippen molar-refractivity contribution in [3.8, 4) is 0 Å². The summed E-state index contributed by atoms with van der Waals surface area (Å²) in [7, 11) is 0. The van der Waals surface area contributed by atoms with Gasteiger partial charge in [0.2, 0.25) is 0 Å². The van der Waals surface area contributed by atoms with Crippen molar-refractivity contribution in [3.63, 3.8) is 0 Å². The van der Waals surface area contributed by atoms with Gasteiger partial charge in [-0.15, -0.1) is 12.4 Å². The minimum absolute atomic E-state index is 0. The maximum Gasteiger partial charge on any atom is 0.255 e. The maximum absolute atomic E-state index is 12.9. The summed E-state index contributed by atoms with van der Waals surface area (Å²) >= 11 is 3.21. The van der Waals surface area contributed by atoms with Crippen molar-refractivity contribution in [1.29, 1.82) is 0 Å². The first-order chi connectivity index (χ1) is 7.68. The SMILES string of the molecule is Cl.O=C(c1ccc(F)cc1Br)N1CCNCC1. The van der Waals surface area contributed by atoms with Crippen molar-refractivity contribution in [2.45, 2.75) is 0 Å². The minimum atomic E-state index is -0.344. The lowest BCUT2D eigenvalue weighted by atomic mass is 10.2. The predicted molar refractivity (Wildman–Crippen MR) is 70.1 cm³/mol. The molecule has 0 aliphatic carbocycles. The number of nitrogens with one attached hydrogen (secondary N) is 1. The Hall–Kier alpha value is -0.650. The van der Waals surface area contributed by atoms with Crippen molar-refractivity contribution in [2.75, 3.05) is 26.2 Å². The van der Waals surface area contributed by atoms with Crippen LogP contribution in [0.2, 0.25) is 0 Å². The Morgan fingerprint density at radius 3 is 2.59 bits per heavy atom. The zero-order chi connectivity index (χ0) is 11.5. The number of hydrogen-bond acceptors (Lipinski definition) is 2. The third-order valence-electron chi connectivity index (χ3n) is 2.57. The molecular formula is C11H13BrClFN2O. The maximum atomic E-state index is 12.9. The normalized spacial score (nSPS) is 15.3. The highest BCUT2D eigenvalue weighted by atomic mass is 79.9. The number of hydrogen-bond donors (Lipinski definition) is 1. The van der Waals surface area contributed by atoms with Crippen LogP contribution in [-0.2, 0) is 0 Å². The molecule has 1 heterocycles. The molecule has 0 aromatic heterocycles. The van der Waals surface area contributed by atoms with E-state index in [0.29, 0.717) is 23.1 Å². The molecule has 0 spiro atoms. The summed E-state index contributed by atoms with van der Waals surface area (Å²) in [6.07, 6.45) is 0. The molecular weight excluding hydrogens is 310 g/mol. The molecule has 0 radical (unpaired) electrons. The van der Waals surface area contributed by atoms with E-state index < -0.39 is 0 Å². The standard InChI is InChI=1S/C11H12BrFN2O.ClH/c12-10-7-8(13)1-2-9(10)11(16)15-5-3-14-4-6-15;/h1-2,7,14H,3-6H2;1H. The van der Waals surface area contributed by atoms with E-state index in [1.54, 1.807) is 4.90 Å². The van der Waals surface area contributed by atoms with Crippen molar-refractivity contribution in [1.82, 2.24) is 10.2 Å². The fourth-order valence-electron chi connectivity index (χ4n) is 1.70. The molecule has 2 rings (SSSR count). The molecule has 0 unspecified atom stereocenters. The molecule has 1 saturated heterocycles. The second-order valence-corrected chi connectivity index (χ2v) is 4.52. The molecule has 0 bridgehead atoms. The molecule has 94 valence electrons. The average molecular weight is 324 g/mol. The molecule has 1 aromatic rings. The van der Waals surface area contributed by atoms with Crippen LogP contribution in [0.15, 0.2) is 22.7 Å². The second-order valence-electron chi connectivity index (χ2n) is 3.67. The van der Waals surface area contributed by atoms with Gasteiger partial charge in [-0.3, -0.25) is 4.79 Å². The summed E-state index contributed by atoms with van der Waals surface area (Å²) in [6.45, 7) is 3.01. The Morgan fingerprint density at radius 1 is 1.35 bits per heavy atom. The number of nitrogens with zero attached hydrogens (tertiary/aromatic N) is 1. The van der Waals surface area contributed by atoms with E-state index in [-0.39, 0.29) is 24.1 Å². The van der Waals surface area contributed by atoms with E-state index in [9.17, 15) is 9.18 Å². The Balaban J connectivity index is 0.00000144. The zero-order valence-corrected chi connectivity index (χ0v) is 11.5. The highest BCUT2D eigenvalue weighted by molar-refractivity contribution is 9.10. The Bertz CT molecular complexity index is 410. The molecule has 6 heteroatoms. The van der Waals surface area contributed by atoms with Gasteiger partial charge in [-0.2, -0.15) is 0 Å². The van der Waals surface area contributed by atoms with Crippen LogP contribution >= 0.6 is 28.3 Å². The van der Waals surface area contributed by atoms with Crippen LogP contribution in [0.3, 0.4) is 0 Å². The summed E-state index contributed by atoms with van der Waals surface area (Å²) < 4.78 is 13.4. The number of carbonyl (C=O) groups excluding carboxylic acids is 1. The lowest BCUT2D eigenvalue weighted by molar-refractivity contribution is 0.0735. The number of piperazine rings is 1. The topological polar surface area (TPSA) is 32.3 Å². The summed E-state index contributed by atoms with van der Waals surface area (Å²) in [5.41, 5.74) is 0.517. The lowest BCUT2D eigenvalue weighted by Gasteiger charge is -2.27. The number of halogens is 3. The van der Waals surface area contributed by atoms with E-state index in [1.165, 1.54) is 18.2 Å².